The first-order valence-electron chi connectivity index (χ1n) is 5.97. The monoisotopic (exact) mass is 216 g/mol. The third-order valence-corrected chi connectivity index (χ3v) is 3.38. The Morgan fingerprint density at radius 3 is 2.47 bits per heavy atom. The van der Waals surface area contributed by atoms with E-state index in [0.717, 1.165) is 13.0 Å². The van der Waals surface area contributed by atoms with Gasteiger partial charge in [0.15, 0.2) is 0 Å². The SMILES string of the molecule is CC(C)N1CCC(NC(C)(C)CF)C1C. The predicted molar refractivity (Wildman–Crippen MR) is 62.9 cm³/mol. The second-order valence-electron chi connectivity index (χ2n) is 5.63. The molecule has 3 heteroatoms. The summed E-state index contributed by atoms with van der Waals surface area (Å²) in [6.45, 7) is 11.4. The minimum Gasteiger partial charge on any atom is -0.305 e. The van der Waals surface area contributed by atoms with Gasteiger partial charge in [0, 0.05) is 30.2 Å². The molecule has 1 aliphatic rings. The van der Waals surface area contributed by atoms with E-state index in [1.807, 2.05) is 13.8 Å². The second kappa shape index (κ2) is 4.79. The predicted octanol–water partition coefficient (Wildman–Crippen LogP) is 2.20. The van der Waals surface area contributed by atoms with Crippen molar-refractivity contribution in [2.24, 2.45) is 0 Å². The molecule has 1 aliphatic heterocycles. The molecule has 1 rings (SSSR count). The normalized spacial score (nSPS) is 29.0. The number of nitrogens with one attached hydrogen (secondary N) is 1. The van der Waals surface area contributed by atoms with Gasteiger partial charge in [-0.25, -0.2) is 4.39 Å². The van der Waals surface area contributed by atoms with Gasteiger partial charge in [0.05, 0.1) is 0 Å². The maximum absolute atomic E-state index is 12.7. The van der Waals surface area contributed by atoms with Crippen LogP contribution in [0.4, 0.5) is 4.39 Å². The van der Waals surface area contributed by atoms with Crippen LogP contribution in [0.25, 0.3) is 0 Å². The standard InChI is InChI=1S/C12H25FN2/c1-9(2)15-7-6-11(10(15)3)14-12(4,5)8-13/h9-11,14H,6-8H2,1-5H3. The van der Waals surface area contributed by atoms with Crippen LogP contribution in [0, 0.1) is 0 Å². The summed E-state index contributed by atoms with van der Waals surface area (Å²) in [4.78, 5) is 2.48. The van der Waals surface area contributed by atoms with Crippen molar-refractivity contribution in [1.29, 1.82) is 0 Å². The highest BCUT2D eigenvalue weighted by atomic mass is 19.1. The molecular formula is C12H25FN2. The van der Waals surface area contributed by atoms with Crippen molar-refractivity contribution < 1.29 is 4.39 Å². The van der Waals surface area contributed by atoms with Gasteiger partial charge >= 0.3 is 0 Å². The van der Waals surface area contributed by atoms with Gasteiger partial charge in [-0.15, -0.1) is 0 Å². The van der Waals surface area contributed by atoms with Crippen molar-refractivity contribution in [3.05, 3.63) is 0 Å². The summed E-state index contributed by atoms with van der Waals surface area (Å²) in [7, 11) is 0. The molecule has 15 heavy (non-hydrogen) atoms. The minimum absolute atomic E-state index is 0.308. The molecule has 1 saturated heterocycles. The van der Waals surface area contributed by atoms with Gasteiger partial charge in [0.1, 0.15) is 6.67 Å². The van der Waals surface area contributed by atoms with Crippen molar-refractivity contribution >= 4 is 0 Å². The molecule has 1 N–H and O–H groups in total. The van der Waals surface area contributed by atoms with Crippen LogP contribution in [0.1, 0.15) is 41.0 Å². The first kappa shape index (κ1) is 12.9. The first-order valence-corrected chi connectivity index (χ1v) is 5.97. The van der Waals surface area contributed by atoms with Crippen LogP contribution < -0.4 is 5.32 Å². The lowest BCUT2D eigenvalue weighted by Crippen LogP contribution is -2.52. The Bertz CT molecular complexity index is 204. The summed E-state index contributed by atoms with van der Waals surface area (Å²) in [6.07, 6.45) is 1.13. The van der Waals surface area contributed by atoms with E-state index in [4.69, 9.17) is 0 Å². The van der Waals surface area contributed by atoms with Crippen molar-refractivity contribution in [3.63, 3.8) is 0 Å². The van der Waals surface area contributed by atoms with Crippen LogP contribution >= 0.6 is 0 Å². The van der Waals surface area contributed by atoms with Crippen LogP contribution in [-0.2, 0) is 0 Å². The van der Waals surface area contributed by atoms with Gasteiger partial charge in [-0.3, -0.25) is 4.90 Å². The molecule has 1 heterocycles. The largest absolute Gasteiger partial charge is 0.305 e. The molecule has 0 aromatic carbocycles. The van der Waals surface area contributed by atoms with Crippen LogP contribution in [0.15, 0.2) is 0 Å². The Morgan fingerprint density at radius 2 is 2.07 bits per heavy atom. The zero-order valence-electron chi connectivity index (χ0n) is 10.7. The lowest BCUT2D eigenvalue weighted by atomic mass is 10.0. The van der Waals surface area contributed by atoms with Crippen LogP contribution in [0.3, 0.4) is 0 Å². The first-order chi connectivity index (χ1) is 6.87. The molecule has 1 fully saturated rings. The van der Waals surface area contributed by atoms with E-state index in [2.05, 4.69) is 31.0 Å². The van der Waals surface area contributed by atoms with Crippen molar-refractivity contribution in [2.45, 2.75) is 64.7 Å². The van der Waals surface area contributed by atoms with Gasteiger partial charge in [-0.05, 0) is 41.0 Å². The molecule has 0 radical (unpaired) electrons. The lowest BCUT2D eigenvalue weighted by molar-refractivity contribution is 0.182. The molecule has 0 saturated carbocycles. The fraction of sp³-hybridized carbons (Fsp3) is 1.00. The third kappa shape index (κ3) is 3.15. The van der Waals surface area contributed by atoms with Gasteiger partial charge in [0.25, 0.3) is 0 Å². The summed E-state index contributed by atoms with van der Waals surface area (Å²) in [5.74, 6) is 0. The number of rotatable bonds is 4. The highest BCUT2D eigenvalue weighted by Crippen LogP contribution is 2.22. The van der Waals surface area contributed by atoms with E-state index < -0.39 is 0 Å². The number of alkyl halides is 1. The highest BCUT2D eigenvalue weighted by molar-refractivity contribution is 4.94. The highest BCUT2D eigenvalue weighted by Gasteiger charge is 2.34. The van der Waals surface area contributed by atoms with Gasteiger partial charge in [0.2, 0.25) is 0 Å². The summed E-state index contributed by atoms with van der Waals surface area (Å²) < 4.78 is 12.7. The Morgan fingerprint density at radius 1 is 1.47 bits per heavy atom. The van der Waals surface area contributed by atoms with Gasteiger partial charge < -0.3 is 5.32 Å². The Balaban J connectivity index is 2.53. The molecular weight excluding hydrogens is 191 g/mol. The van der Waals surface area contributed by atoms with Gasteiger partial charge in [-0.2, -0.15) is 0 Å². The molecule has 0 aromatic rings. The minimum atomic E-state index is -0.383. The van der Waals surface area contributed by atoms with E-state index in [-0.39, 0.29) is 12.2 Å². The lowest BCUT2D eigenvalue weighted by Gasteiger charge is -2.33. The second-order valence-corrected chi connectivity index (χ2v) is 5.63. The number of halogens is 1. The zero-order chi connectivity index (χ0) is 11.6. The van der Waals surface area contributed by atoms with E-state index in [1.54, 1.807) is 0 Å². The van der Waals surface area contributed by atoms with Crippen molar-refractivity contribution in [1.82, 2.24) is 10.2 Å². The molecule has 0 aliphatic carbocycles. The smallest absolute Gasteiger partial charge is 0.107 e. The van der Waals surface area contributed by atoms with E-state index >= 15 is 0 Å². The summed E-state index contributed by atoms with van der Waals surface area (Å²) >= 11 is 0. The zero-order valence-corrected chi connectivity index (χ0v) is 10.7. The fourth-order valence-corrected chi connectivity index (χ4v) is 2.43. The van der Waals surface area contributed by atoms with E-state index in [0.29, 0.717) is 18.1 Å². The molecule has 2 unspecified atom stereocenters. The van der Waals surface area contributed by atoms with Crippen LogP contribution in [-0.4, -0.2) is 41.8 Å². The average Bonchev–Trinajstić information content (AvgIpc) is 2.48. The number of hydrogen-bond donors (Lipinski definition) is 1. The Hall–Kier alpha value is -0.150. The third-order valence-electron chi connectivity index (χ3n) is 3.38. The molecule has 2 nitrogen and oxygen atoms in total. The van der Waals surface area contributed by atoms with Gasteiger partial charge in [-0.1, -0.05) is 0 Å². The molecule has 0 bridgehead atoms. The molecule has 0 spiro atoms. The van der Waals surface area contributed by atoms with E-state index in [9.17, 15) is 4.39 Å². The van der Waals surface area contributed by atoms with Crippen molar-refractivity contribution in [2.75, 3.05) is 13.2 Å². The number of nitrogens with zero attached hydrogens (tertiary/aromatic N) is 1. The number of hydrogen-bond acceptors (Lipinski definition) is 2. The fourth-order valence-electron chi connectivity index (χ4n) is 2.43. The Labute approximate surface area is 93.2 Å². The summed E-state index contributed by atoms with van der Waals surface area (Å²) in [5, 5.41) is 3.42. The molecule has 2 atom stereocenters. The molecule has 0 aromatic heterocycles. The van der Waals surface area contributed by atoms with Crippen LogP contribution in [0.5, 0.6) is 0 Å². The summed E-state index contributed by atoms with van der Waals surface area (Å²) in [6, 6.07) is 1.52. The number of likely N-dealkylation sites (tertiary alicyclic amines) is 1. The topological polar surface area (TPSA) is 15.3 Å². The Kier molecular flexibility index (Phi) is 4.13. The van der Waals surface area contributed by atoms with Crippen molar-refractivity contribution in [3.8, 4) is 0 Å². The maximum Gasteiger partial charge on any atom is 0.107 e. The van der Waals surface area contributed by atoms with Crippen LogP contribution in [0.2, 0.25) is 0 Å². The maximum atomic E-state index is 12.7. The molecule has 0 amide bonds. The quantitative estimate of drug-likeness (QED) is 0.775. The average molecular weight is 216 g/mol. The molecule has 90 valence electrons. The summed E-state index contributed by atoms with van der Waals surface area (Å²) in [5.41, 5.74) is -0.383. The van der Waals surface area contributed by atoms with E-state index in [1.165, 1.54) is 0 Å².